The van der Waals surface area contributed by atoms with Gasteiger partial charge in [0.15, 0.2) is 5.52 Å². The first-order valence-corrected chi connectivity index (χ1v) is 10.3. The Balaban J connectivity index is 1.49. The number of carbonyl (C=O) groups excluding carboxylic acids is 1. The zero-order chi connectivity index (χ0) is 20.9. The van der Waals surface area contributed by atoms with E-state index in [0.717, 1.165) is 28.4 Å². The van der Waals surface area contributed by atoms with E-state index in [1.165, 1.54) is 10.9 Å². The summed E-state index contributed by atoms with van der Waals surface area (Å²) in [5.74, 6) is 0.487. The van der Waals surface area contributed by atoms with Gasteiger partial charge >= 0.3 is 0 Å². The fourth-order valence-electron chi connectivity index (χ4n) is 3.04. The number of nitrogens with zero attached hydrogens (tertiary/aromatic N) is 3. The Morgan fingerprint density at radius 2 is 1.83 bits per heavy atom. The van der Waals surface area contributed by atoms with E-state index in [9.17, 15) is 9.59 Å². The van der Waals surface area contributed by atoms with Gasteiger partial charge in [0.25, 0.3) is 11.5 Å². The van der Waals surface area contributed by atoms with Crippen LogP contribution >= 0.6 is 11.5 Å². The molecule has 0 unspecified atom stereocenters. The summed E-state index contributed by atoms with van der Waals surface area (Å²) in [4.78, 5) is 30.1. The molecule has 0 radical (unpaired) electrons. The zero-order valence-corrected chi connectivity index (χ0v) is 17.2. The van der Waals surface area contributed by atoms with Crippen molar-refractivity contribution in [2.45, 2.75) is 20.0 Å². The van der Waals surface area contributed by atoms with Crippen molar-refractivity contribution in [1.82, 2.24) is 19.2 Å². The van der Waals surface area contributed by atoms with Crippen molar-refractivity contribution < 1.29 is 9.53 Å². The Hall–Kier alpha value is -3.52. The number of fused-ring (bicyclic) bond motifs is 1. The molecule has 4 aromatic rings. The van der Waals surface area contributed by atoms with E-state index in [2.05, 4.69) is 14.7 Å². The fraction of sp³-hybridized carbons (Fsp3) is 0.182. The van der Waals surface area contributed by atoms with Crippen LogP contribution in [-0.2, 0) is 13.1 Å². The van der Waals surface area contributed by atoms with E-state index in [0.29, 0.717) is 30.1 Å². The Kier molecular flexibility index (Phi) is 5.85. The van der Waals surface area contributed by atoms with Gasteiger partial charge in [0.2, 0.25) is 0 Å². The van der Waals surface area contributed by atoms with Gasteiger partial charge in [-0.3, -0.25) is 14.2 Å². The van der Waals surface area contributed by atoms with Gasteiger partial charge in [-0.15, -0.1) is 0 Å². The molecule has 0 aliphatic carbocycles. The molecule has 0 aliphatic rings. The molecular weight excluding hydrogens is 400 g/mol. The molecule has 0 aliphatic heterocycles. The van der Waals surface area contributed by atoms with E-state index in [4.69, 9.17) is 4.74 Å². The minimum atomic E-state index is -0.302. The minimum absolute atomic E-state index is 0.213. The summed E-state index contributed by atoms with van der Waals surface area (Å²) in [5.41, 5.74) is 2.22. The maximum atomic E-state index is 12.8. The Morgan fingerprint density at radius 3 is 2.57 bits per heavy atom. The van der Waals surface area contributed by atoms with Crippen LogP contribution < -0.4 is 15.6 Å². The van der Waals surface area contributed by atoms with E-state index >= 15 is 0 Å². The van der Waals surface area contributed by atoms with E-state index in [1.54, 1.807) is 0 Å². The third kappa shape index (κ3) is 4.23. The van der Waals surface area contributed by atoms with Crippen LogP contribution in [0.15, 0.2) is 65.7 Å². The number of hydrogen-bond acceptors (Lipinski definition) is 6. The Morgan fingerprint density at radius 1 is 1.07 bits per heavy atom. The van der Waals surface area contributed by atoms with Crippen LogP contribution in [0.25, 0.3) is 11.0 Å². The first kappa shape index (κ1) is 19.8. The summed E-state index contributed by atoms with van der Waals surface area (Å²) >= 11 is 0.986. The number of aromatic nitrogens is 3. The number of benzene rings is 2. The SMILES string of the molecule is CCOc1ccc(CNC(=O)c2snc3c(=O)n(Cc4ccccc4)cnc23)cc1. The lowest BCUT2D eigenvalue weighted by Gasteiger charge is -2.07. The molecule has 0 saturated carbocycles. The molecule has 1 amide bonds. The second-order valence-electron chi connectivity index (χ2n) is 6.63. The van der Waals surface area contributed by atoms with Crippen molar-refractivity contribution in [2.75, 3.05) is 6.61 Å². The normalized spacial score (nSPS) is 10.8. The van der Waals surface area contributed by atoms with Crippen LogP contribution in [0.1, 0.15) is 27.7 Å². The molecule has 4 rings (SSSR count). The number of rotatable bonds is 7. The average Bonchev–Trinajstić information content (AvgIpc) is 3.21. The highest BCUT2D eigenvalue weighted by molar-refractivity contribution is 7.09. The first-order chi connectivity index (χ1) is 14.7. The average molecular weight is 420 g/mol. The predicted molar refractivity (Wildman–Crippen MR) is 116 cm³/mol. The lowest BCUT2D eigenvalue weighted by molar-refractivity contribution is 0.0956. The molecule has 8 heteroatoms. The highest BCUT2D eigenvalue weighted by Gasteiger charge is 2.18. The van der Waals surface area contributed by atoms with E-state index in [1.807, 2.05) is 61.5 Å². The van der Waals surface area contributed by atoms with E-state index < -0.39 is 0 Å². The summed E-state index contributed by atoms with van der Waals surface area (Å²) in [7, 11) is 0. The molecule has 0 spiro atoms. The van der Waals surface area contributed by atoms with Gasteiger partial charge in [-0.2, -0.15) is 4.37 Å². The van der Waals surface area contributed by atoms with Gasteiger partial charge in [-0.05, 0) is 41.7 Å². The van der Waals surface area contributed by atoms with Crippen molar-refractivity contribution in [2.24, 2.45) is 0 Å². The summed E-state index contributed by atoms with van der Waals surface area (Å²) in [6, 6.07) is 17.2. The maximum absolute atomic E-state index is 12.8. The lowest BCUT2D eigenvalue weighted by atomic mass is 10.2. The maximum Gasteiger partial charge on any atom is 0.281 e. The molecule has 7 nitrogen and oxygen atoms in total. The lowest BCUT2D eigenvalue weighted by Crippen LogP contribution is -2.24. The summed E-state index contributed by atoms with van der Waals surface area (Å²) in [5, 5.41) is 2.86. The molecule has 152 valence electrons. The molecule has 1 N–H and O–H groups in total. The quantitative estimate of drug-likeness (QED) is 0.496. The van der Waals surface area contributed by atoms with Crippen molar-refractivity contribution in [3.05, 3.63) is 87.3 Å². The van der Waals surface area contributed by atoms with Crippen LogP contribution in [0, 0.1) is 0 Å². The molecular formula is C22H20N4O3S. The van der Waals surface area contributed by atoms with Gasteiger partial charge < -0.3 is 10.1 Å². The molecule has 2 aromatic heterocycles. The molecule has 30 heavy (non-hydrogen) atoms. The van der Waals surface area contributed by atoms with Gasteiger partial charge in [0.1, 0.15) is 16.1 Å². The van der Waals surface area contributed by atoms with Crippen LogP contribution in [0.2, 0.25) is 0 Å². The summed E-state index contributed by atoms with van der Waals surface area (Å²) in [6.45, 7) is 3.29. The van der Waals surface area contributed by atoms with Crippen LogP contribution in [0.5, 0.6) is 5.75 Å². The first-order valence-electron chi connectivity index (χ1n) is 9.54. The zero-order valence-electron chi connectivity index (χ0n) is 16.4. The number of amides is 1. The van der Waals surface area contributed by atoms with Gasteiger partial charge in [0.05, 0.1) is 19.5 Å². The molecule has 0 saturated heterocycles. The monoisotopic (exact) mass is 420 g/mol. The molecule has 2 aromatic carbocycles. The number of carbonyl (C=O) groups is 1. The van der Waals surface area contributed by atoms with Crippen LogP contribution in [0.3, 0.4) is 0 Å². The third-order valence-corrected chi connectivity index (χ3v) is 5.38. The standard InChI is InChI=1S/C22H20N4O3S/c1-2-29-17-10-8-15(9-11-17)12-23-21(27)20-18-19(25-30-20)22(28)26(14-24-18)13-16-6-4-3-5-7-16/h3-11,14H,2,12-13H2,1H3,(H,23,27). The highest BCUT2D eigenvalue weighted by atomic mass is 32.1. The molecule has 0 fully saturated rings. The molecule has 0 bridgehead atoms. The number of hydrogen-bond donors (Lipinski definition) is 1. The van der Waals surface area contributed by atoms with Crippen LogP contribution in [-0.4, -0.2) is 26.4 Å². The fourth-order valence-corrected chi connectivity index (χ4v) is 3.77. The van der Waals surface area contributed by atoms with Crippen molar-refractivity contribution in [3.63, 3.8) is 0 Å². The second kappa shape index (κ2) is 8.87. The number of nitrogens with one attached hydrogen (secondary N) is 1. The Bertz CT molecular complexity index is 1220. The summed E-state index contributed by atoms with van der Waals surface area (Å²) < 4.78 is 11.1. The highest BCUT2D eigenvalue weighted by Crippen LogP contribution is 2.18. The Labute approximate surface area is 177 Å². The van der Waals surface area contributed by atoms with Crippen molar-refractivity contribution >= 4 is 28.5 Å². The predicted octanol–water partition coefficient (Wildman–Crippen LogP) is 3.23. The van der Waals surface area contributed by atoms with Gasteiger partial charge in [-0.25, -0.2) is 4.98 Å². The van der Waals surface area contributed by atoms with Crippen molar-refractivity contribution in [3.8, 4) is 5.75 Å². The third-order valence-electron chi connectivity index (χ3n) is 4.55. The van der Waals surface area contributed by atoms with Crippen molar-refractivity contribution in [1.29, 1.82) is 0 Å². The van der Waals surface area contributed by atoms with Crippen LogP contribution in [0.4, 0.5) is 0 Å². The largest absolute Gasteiger partial charge is 0.494 e. The van der Waals surface area contributed by atoms with E-state index in [-0.39, 0.29) is 17.0 Å². The smallest absolute Gasteiger partial charge is 0.281 e. The van der Waals surface area contributed by atoms with Gasteiger partial charge in [-0.1, -0.05) is 42.5 Å². The summed E-state index contributed by atoms with van der Waals surface area (Å²) in [6.07, 6.45) is 1.47. The molecule has 0 atom stereocenters. The molecule has 2 heterocycles. The topological polar surface area (TPSA) is 86.1 Å². The number of ether oxygens (including phenoxy) is 1. The second-order valence-corrected chi connectivity index (χ2v) is 7.41. The van der Waals surface area contributed by atoms with Gasteiger partial charge in [0, 0.05) is 6.54 Å². The minimum Gasteiger partial charge on any atom is -0.494 e.